The number of carboxylic acids is 1. The minimum atomic E-state index is -4.29. The number of guanidine groups is 1. The van der Waals surface area contributed by atoms with Crippen LogP contribution in [0.3, 0.4) is 0 Å². The molecular weight excluding hydrogens is 452 g/mol. The summed E-state index contributed by atoms with van der Waals surface area (Å²) in [6, 6.07) is 8.80. The van der Waals surface area contributed by atoms with E-state index in [0.29, 0.717) is 0 Å². The summed E-state index contributed by atoms with van der Waals surface area (Å²) in [6.45, 7) is 0.173. The zero-order valence-electron chi connectivity index (χ0n) is 17.3. The van der Waals surface area contributed by atoms with Gasteiger partial charge in [-0.3, -0.25) is 19.4 Å². The van der Waals surface area contributed by atoms with Gasteiger partial charge in [-0.25, -0.2) is 8.42 Å². The Morgan fingerprint density at radius 3 is 2.12 bits per heavy atom. The van der Waals surface area contributed by atoms with Gasteiger partial charge >= 0.3 is 5.97 Å². The van der Waals surface area contributed by atoms with Crippen molar-refractivity contribution in [2.24, 2.45) is 22.2 Å². The van der Waals surface area contributed by atoms with Gasteiger partial charge in [-0.15, -0.1) is 0 Å². The maximum absolute atomic E-state index is 13.0. The molecule has 0 heterocycles. The third kappa shape index (κ3) is 6.83. The van der Waals surface area contributed by atoms with Crippen LogP contribution in [-0.2, 0) is 14.8 Å². The van der Waals surface area contributed by atoms with E-state index in [9.17, 15) is 27.9 Å². The Bertz CT molecular complexity index is 1150. The number of nitrogens with zero attached hydrogens (tertiary/aromatic N) is 1. The minimum absolute atomic E-state index is 0.0694. The van der Waals surface area contributed by atoms with Gasteiger partial charge in [0.1, 0.15) is 6.04 Å². The third-order valence-electron chi connectivity index (χ3n) is 4.39. The maximum Gasteiger partial charge on any atom is 0.323 e. The van der Waals surface area contributed by atoms with Crippen LogP contribution in [0.5, 0.6) is 0 Å². The van der Waals surface area contributed by atoms with Gasteiger partial charge in [0.2, 0.25) is 10.0 Å². The zero-order chi connectivity index (χ0) is 24.6. The van der Waals surface area contributed by atoms with E-state index in [0.717, 1.165) is 0 Å². The van der Waals surface area contributed by atoms with Crippen LogP contribution in [0.2, 0.25) is 0 Å². The van der Waals surface area contributed by atoms with Crippen molar-refractivity contribution in [2.45, 2.75) is 17.0 Å². The molecule has 0 spiro atoms. The van der Waals surface area contributed by atoms with Crippen molar-refractivity contribution in [3.05, 3.63) is 65.7 Å². The minimum Gasteiger partial charge on any atom is -0.480 e. The monoisotopic (exact) mass is 476 g/mol. The summed E-state index contributed by atoms with van der Waals surface area (Å²) in [7, 11) is -4.29. The number of aliphatic carboxylic acids is 1. The van der Waals surface area contributed by atoms with E-state index in [4.69, 9.17) is 17.2 Å². The number of benzene rings is 2. The summed E-state index contributed by atoms with van der Waals surface area (Å²) in [5.41, 5.74) is 16.0. The average molecular weight is 477 g/mol. The number of nitrogens with one attached hydrogen (secondary N) is 2. The van der Waals surface area contributed by atoms with Crippen molar-refractivity contribution < 1.29 is 27.9 Å². The zero-order valence-corrected chi connectivity index (χ0v) is 18.2. The highest BCUT2D eigenvalue weighted by Gasteiger charge is 2.36. The number of hydrogen-bond acceptors (Lipinski definition) is 7. The Hall–Kier alpha value is -3.81. The summed E-state index contributed by atoms with van der Waals surface area (Å²) >= 11 is 0. The van der Waals surface area contributed by atoms with E-state index in [-0.39, 0.29) is 35.1 Å². The smallest absolute Gasteiger partial charge is 0.323 e. The topological polar surface area (TPSA) is 220 Å². The van der Waals surface area contributed by atoms with E-state index in [1.807, 2.05) is 4.72 Å². The highest BCUT2D eigenvalue weighted by Crippen LogP contribution is 2.15. The molecule has 2 atom stereocenters. The second-order valence-electron chi connectivity index (χ2n) is 6.75. The van der Waals surface area contributed by atoms with E-state index >= 15 is 0 Å². The van der Waals surface area contributed by atoms with E-state index in [1.165, 1.54) is 48.5 Å². The second-order valence-corrected chi connectivity index (χ2v) is 8.46. The first-order valence-electron chi connectivity index (χ1n) is 9.57. The van der Waals surface area contributed by atoms with Gasteiger partial charge < -0.3 is 27.6 Å². The molecule has 12 nitrogen and oxygen atoms in total. The van der Waals surface area contributed by atoms with Crippen molar-refractivity contribution in [3.63, 3.8) is 0 Å². The fourth-order valence-corrected chi connectivity index (χ4v) is 4.02. The lowest BCUT2D eigenvalue weighted by Crippen LogP contribution is -2.56. The Morgan fingerprint density at radius 2 is 1.55 bits per heavy atom. The normalized spacial score (nSPS) is 12.9. The molecule has 1 amide bonds. The highest BCUT2D eigenvalue weighted by atomic mass is 32.2. The van der Waals surface area contributed by atoms with Gasteiger partial charge in [0.15, 0.2) is 11.7 Å². The number of carboxylic acid groups (broad SMARTS) is 1. The first kappa shape index (κ1) is 25.5. The fraction of sp³-hybridized carbons (Fsp3) is 0.200. The molecule has 2 aromatic carbocycles. The molecular formula is C20H24N6O6S. The second kappa shape index (κ2) is 11.2. The Morgan fingerprint density at radius 1 is 0.970 bits per heavy atom. The molecule has 0 radical (unpaired) electrons. The highest BCUT2D eigenvalue weighted by molar-refractivity contribution is 7.89. The number of hydrogen-bond donors (Lipinski definition) is 6. The van der Waals surface area contributed by atoms with Gasteiger partial charge in [-0.1, -0.05) is 36.4 Å². The molecule has 13 heteroatoms. The molecule has 0 saturated heterocycles. The summed E-state index contributed by atoms with van der Waals surface area (Å²) in [4.78, 5) is 40.8. The van der Waals surface area contributed by atoms with Crippen LogP contribution in [0, 0.1) is 0 Å². The van der Waals surface area contributed by atoms with Crippen LogP contribution in [0.1, 0.15) is 20.7 Å². The van der Waals surface area contributed by atoms with Gasteiger partial charge in [-0.05, 0) is 18.2 Å². The Labute approximate surface area is 189 Å². The number of nitrogens with two attached hydrogens (primary N) is 3. The molecule has 2 aromatic rings. The van der Waals surface area contributed by atoms with Crippen molar-refractivity contribution in [2.75, 3.05) is 13.1 Å². The van der Waals surface area contributed by atoms with Gasteiger partial charge in [-0.2, -0.15) is 4.72 Å². The SMILES string of the molecule is NC(N)=NCCNC(=O)c1ccccc1C(=O)C(N)C(NS(=O)(=O)c1ccccc1)C(=O)O. The lowest BCUT2D eigenvalue weighted by Gasteiger charge is -2.21. The fourth-order valence-electron chi connectivity index (χ4n) is 2.79. The van der Waals surface area contributed by atoms with E-state index in [2.05, 4.69) is 10.3 Å². The molecule has 0 aromatic heterocycles. The predicted octanol–water partition coefficient (Wildman–Crippen LogP) is -1.37. The van der Waals surface area contributed by atoms with Gasteiger partial charge in [0.05, 0.1) is 23.0 Å². The van der Waals surface area contributed by atoms with Crippen LogP contribution in [0.4, 0.5) is 0 Å². The van der Waals surface area contributed by atoms with Crippen LogP contribution in [0.15, 0.2) is 64.5 Å². The number of sulfonamides is 1. The molecule has 0 aliphatic carbocycles. The van der Waals surface area contributed by atoms with Crippen molar-refractivity contribution in [3.8, 4) is 0 Å². The Balaban J connectivity index is 2.25. The number of carbonyl (C=O) groups excluding carboxylic acids is 2. The van der Waals surface area contributed by atoms with Crippen LogP contribution < -0.4 is 27.2 Å². The van der Waals surface area contributed by atoms with Crippen LogP contribution >= 0.6 is 0 Å². The Kier molecular flexibility index (Phi) is 8.62. The van der Waals surface area contributed by atoms with Gasteiger partial charge in [0, 0.05) is 12.1 Å². The quantitative estimate of drug-likeness (QED) is 0.0973. The molecule has 2 rings (SSSR count). The predicted molar refractivity (Wildman–Crippen MR) is 120 cm³/mol. The number of Topliss-reactive ketones (excluding diaryl/α,β-unsaturated/α-hetero) is 1. The summed E-state index contributed by atoms with van der Waals surface area (Å²) in [6.07, 6.45) is 0. The first-order valence-corrected chi connectivity index (χ1v) is 11.1. The molecule has 0 aliphatic rings. The first-order chi connectivity index (χ1) is 15.5. The molecule has 33 heavy (non-hydrogen) atoms. The van der Waals surface area contributed by atoms with E-state index in [1.54, 1.807) is 6.07 Å². The number of amides is 1. The number of aliphatic imine (C=N–C) groups is 1. The summed E-state index contributed by atoms with van der Waals surface area (Å²) in [5, 5.41) is 12.1. The molecule has 0 aliphatic heterocycles. The van der Waals surface area contributed by atoms with E-state index < -0.39 is 39.8 Å². The lowest BCUT2D eigenvalue weighted by molar-refractivity contribution is -0.139. The molecule has 176 valence electrons. The number of rotatable bonds is 11. The summed E-state index contributed by atoms with van der Waals surface area (Å²) in [5.74, 6) is -3.39. The number of ketones is 1. The molecule has 0 fully saturated rings. The molecule has 2 unspecified atom stereocenters. The molecule has 0 saturated carbocycles. The maximum atomic E-state index is 13.0. The van der Waals surface area contributed by atoms with Crippen LogP contribution in [-0.4, -0.2) is 62.3 Å². The van der Waals surface area contributed by atoms with Crippen LogP contribution in [0.25, 0.3) is 0 Å². The van der Waals surface area contributed by atoms with Gasteiger partial charge in [0.25, 0.3) is 5.91 Å². The van der Waals surface area contributed by atoms with Crippen molar-refractivity contribution >= 4 is 33.6 Å². The lowest BCUT2D eigenvalue weighted by atomic mass is 9.95. The molecule has 0 bridgehead atoms. The largest absolute Gasteiger partial charge is 0.480 e. The average Bonchev–Trinajstić information content (AvgIpc) is 2.79. The summed E-state index contributed by atoms with van der Waals surface area (Å²) < 4.78 is 27.0. The third-order valence-corrected chi connectivity index (χ3v) is 5.85. The van der Waals surface area contributed by atoms with Crippen molar-refractivity contribution in [1.29, 1.82) is 0 Å². The standard InChI is InChI=1S/C20H24N6O6S/c21-15(16(19(29)30)26-33(31,32)12-6-2-1-3-7-12)17(27)13-8-4-5-9-14(13)18(28)24-10-11-25-20(22)23/h1-9,15-16,26H,10-11,21H2,(H,24,28)(H,29,30)(H4,22,23,25). The van der Waals surface area contributed by atoms with Crippen molar-refractivity contribution in [1.82, 2.24) is 10.0 Å². The molecule has 9 N–H and O–H groups in total. The number of carbonyl (C=O) groups is 3.